The molecule has 0 unspecified atom stereocenters. The minimum absolute atomic E-state index is 0.0751. The largest absolute Gasteiger partial charge is 0.508 e. The summed E-state index contributed by atoms with van der Waals surface area (Å²) in [6.45, 7) is 3.35. The van der Waals surface area contributed by atoms with Crippen LogP contribution in [0.4, 0.5) is 11.4 Å². The minimum atomic E-state index is 0.0751. The predicted molar refractivity (Wildman–Crippen MR) is 69.3 cm³/mol. The fraction of sp³-hybridized carbons (Fsp3) is 0.538. The van der Waals surface area contributed by atoms with Gasteiger partial charge in [0.2, 0.25) is 0 Å². The van der Waals surface area contributed by atoms with Crippen LogP contribution in [0.3, 0.4) is 0 Å². The number of nitrogens with zero attached hydrogens (tertiary/aromatic N) is 2. The highest BCUT2D eigenvalue weighted by atomic mass is 16.3. The van der Waals surface area contributed by atoms with Crippen LogP contribution in [-0.2, 0) is 5.41 Å². The summed E-state index contributed by atoms with van der Waals surface area (Å²) in [5, 5.41) is 9.75. The number of likely N-dealkylation sites (tertiary alicyclic amines) is 1. The molecule has 92 valence electrons. The Morgan fingerprint density at radius 2 is 2.12 bits per heavy atom. The van der Waals surface area contributed by atoms with Crippen LogP contribution >= 0.6 is 0 Å². The highest BCUT2D eigenvalue weighted by molar-refractivity contribution is 5.79. The van der Waals surface area contributed by atoms with Gasteiger partial charge in [0.05, 0.1) is 17.5 Å². The Morgan fingerprint density at radius 3 is 2.82 bits per heavy atom. The van der Waals surface area contributed by atoms with Gasteiger partial charge in [0.15, 0.2) is 0 Å². The molecule has 0 aromatic heterocycles. The minimum Gasteiger partial charge on any atom is -0.508 e. The first-order chi connectivity index (χ1) is 7.95. The molecule has 1 fully saturated rings. The van der Waals surface area contributed by atoms with Gasteiger partial charge in [0.1, 0.15) is 5.75 Å². The lowest BCUT2D eigenvalue weighted by molar-refractivity contribution is 0.268. The molecule has 1 aromatic rings. The van der Waals surface area contributed by atoms with E-state index in [1.54, 1.807) is 6.07 Å². The molecular formula is C13H19N3O. The Morgan fingerprint density at radius 1 is 1.41 bits per heavy atom. The van der Waals surface area contributed by atoms with E-state index in [4.69, 9.17) is 5.73 Å². The topological polar surface area (TPSA) is 52.7 Å². The summed E-state index contributed by atoms with van der Waals surface area (Å²) in [5.41, 5.74) is 9.07. The van der Waals surface area contributed by atoms with Crippen molar-refractivity contribution in [3.05, 3.63) is 17.7 Å². The molecular weight excluding hydrogens is 214 g/mol. The quantitative estimate of drug-likeness (QED) is 0.664. The van der Waals surface area contributed by atoms with E-state index in [9.17, 15) is 5.11 Å². The van der Waals surface area contributed by atoms with Crippen LogP contribution in [0, 0.1) is 0 Å². The van der Waals surface area contributed by atoms with Crippen LogP contribution < -0.4 is 10.6 Å². The fourth-order valence-electron chi connectivity index (χ4n) is 3.74. The molecule has 0 radical (unpaired) electrons. The molecule has 2 aliphatic heterocycles. The number of nitrogen functional groups attached to an aromatic ring is 1. The van der Waals surface area contributed by atoms with Gasteiger partial charge in [-0.05, 0) is 25.1 Å². The molecule has 0 spiro atoms. The molecule has 2 heterocycles. The van der Waals surface area contributed by atoms with Crippen LogP contribution in [0.1, 0.15) is 18.9 Å². The Bertz CT molecular complexity index is 488. The first-order valence-electron chi connectivity index (χ1n) is 6.01. The first-order valence-corrected chi connectivity index (χ1v) is 6.01. The number of rotatable bonds is 0. The number of hydrogen-bond acceptors (Lipinski definition) is 4. The number of aromatic hydroxyl groups is 1. The van der Waals surface area contributed by atoms with Gasteiger partial charge < -0.3 is 15.7 Å². The second kappa shape index (κ2) is 3.07. The van der Waals surface area contributed by atoms with E-state index < -0.39 is 0 Å². The van der Waals surface area contributed by atoms with Crippen molar-refractivity contribution in [2.75, 3.05) is 31.3 Å². The second-order valence-electron chi connectivity index (χ2n) is 5.56. The third-order valence-corrected chi connectivity index (χ3v) is 4.43. The van der Waals surface area contributed by atoms with Crippen molar-refractivity contribution in [1.82, 2.24) is 4.90 Å². The molecule has 17 heavy (non-hydrogen) atoms. The smallest absolute Gasteiger partial charge is 0.118 e. The number of phenols is 1. The maximum atomic E-state index is 9.75. The van der Waals surface area contributed by atoms with E-state index >= 15 is 0 Å². The highest BCUT2D eigenvalue weighted by Crippen LogP contribution is 2.53. The molecule has 1 aromatic carbocycles. The van der Waals surface area contributed by atoms with Gasteiger partial charge in [-0.25, -0.2) is 0 Å². The molecule has 0 saturated carbocycles. The van der Waals surface area contributed by atoms with E-state index in [2.05, 4.69) is 30.8 Å². The van der Waals surface area contributed by atoms with Gasteiger partial charge in [-0.2, -0.15) is 0 Å². The van der Waals surface area contributed by atoms with Gasteiger partial charge in [-0.3, -0.25) is 4.90 Å². The highest BCUT2D eigenvalue weighted by Gasteiger charge is 2.52. The van der Waals surface area contributed by atoms with Crippen LogP contribution in [-0.4, -0.2) is 36.8 Å². The molecule has 2 aliphatic rings. The molecule has 4 heteroatoms. The zero-order valence-electron chi connectivity index (χ0n) is 10.6. The van der Waals surface area contributed by atoms with E-state index in [1.165, 1.54) is 5.56 Å². The summed E-state index contributed by atoms with van der Waals surface area (Å²) in [5.74, 6) is 0.270. The molecule has 0 aliphatic carbocycles. The van der Waals surface area contributed by atoms with Crippen molar-refractivity contribution < 1.29 is 5.11 Å². The molecule has 4 nitrogen and oxygen atoms in total. The van der Waals surface area contributed by atoms with E-state index in [1.807, 2.05) is 6.07 Å². The van der Waals surface area contributed by atoms with Crippen molar-refractivity contribution in [3.8, 4) is 5.75 Å². The molecule has 3 N–H and O–H groups in total. The lowest BCUT2D eigenvalue weighted by atomic mass is 9.81. The maximum absolute atomic E-state index is 9.75. The first kappa shape index (κ1) is 10.7. The number of hydrogen-bond donors (Lipinski definition) is 2. The molecule has 1 saturated heterocycles. The summed E-state index contributed by atoms with van der Waals surface area (Å²) in [4.78, 5) is 4.60. The molecule has 0 bridgehead atoms. The van der Waals surface area contributed by atoms with Crippen LogP contribution in [0.25, 0.3) is 0 Å². The van der Waals surface area contributed by atoms with Crippen molar-refractivity contribution in [2.24, 2.45) is 0 Å². The predicted octanol–water partition coefficient (Wildman–Crippen LogP) is 1.34. The van der Waals surface area contributed by atoms with Gasteiger partial charge in [0.25, 0.3) is 0 Å². The number of likely N-dealkylation sites (N-methyl/N-ethyl adjacent to an activating group) is 2. The Kier molecular flexibility index (Phi) is 1.94. The molecule has 3 rings (SSSR count). The summed E-state index contributed by atoms with van der Waals surface area (Å²) in [6, 6.07) is 3.51. The Hall–Kier alpha value is -1.42. The lowest BCUT2D eigenvalue weighted by Gasteiger charge is -2.32. The third-order valence-electron chi connectivity index (χ3n) is 4.43. The summed E-state index contributed by atoms with van der Waals surface area (Å²) in [7, 11) is 4.23. The van der Waals surface area contributed by atoms with Crippen molar-refractivity contribution in [1.29, 1.82) is 0 Å². The van der Waals surface area contributed by atoms with Gasteiger partial charge in [0, 0.05) is 25.1 Å². The van der Waals surface area contributed by atoms with E-state index in [0.717, 1.165) is 18.7 Å². The molecule has 0 amide bonds. The third kappa shape index (κ3) is 1.16. The number of anilines is 2. The fourth-order valence-corrected chi connectivity index (χ4v) is 3.74. The average molecular weight is 233 g/mol. The normalized spacial score (nSPS) is 31.7. The summed E-state index contributed by atoms with van der Waals surface area (Å²) < 4.78 is 0. The van der Waals surface area contributed by atoms with E-state index in [0.29, 0.717) is 11.9 Å². The standard InChI is InChI=1S/C13H19N3O/c1-13-4-5-15(2)12(13)16(3)11-9(13)6-8(17)7-10(11)14/h6-7,12,17H,4-5,14H2,1-3H3/t12-,13+/m1/s1. The van der Waals surface area contributed by atoms with Crippen LogP contribution in [0.5, 0.6) is 5.75 Å². The summed E-state index contributed by atoms with van der Waals surface area (Å²) in [6.07, 6.45) is 1.45. The zero-order chi connectivity index (χ0) is 12.4. The zero-order valence-corrected chi connectivity index (χ0v) is 10.6. The maximum Gasteiger partial charge on any atom is 0.118 e. The van der Waals surface area contributed by atoms with Gasteiger partial charge >= 0.3 is 0 Å². The van der Waals surface area contributed by atoms with Crippen molar-refractivity contribution in [2.45, 2.75) is 24.9 Å². The Balaban J connectivity index is 2.25. The Labute approximate surface area is 102 Å². The number of phenolic OH excluding ortho intramolecular Hbond substituents is 1. The number of benzene rings is 1. The van der Waals surface area contributed by atoms with Crippen molar-refractivity contribution in [3.63, 3.8) is 0 Å². The average Bonchev–Trinajstić information content (AvgIpc) is 2.64. The second-order valence-corrected chi connectivity index (χ2v) is 5.56. The van der Waals surface area contributed by atoms with Crippen LogP contribution in [0.15, 0.2) is 12.1 Å². The van der Waals surface area contributed by atoms with Gasteiger partial charge in [-0.1, -0.05) is 6.92 Å². The van der Waals surface area contributed by atoms with Gasteiger partial charge in [-0.15, -0.1) is 0 Å². The van der Waals surface area contributed by atoms with Crippen molar-refractivity contribution >= 4 is 11.4 Å². The summed E-state index contributed by atoms with van der Waals surface area (Å²) >= 11 is 0. The van der Waals surface area contributed by atoms with Crippen LogP contribution in [0.2, 0.25) is 0 Å². The monoisotopic (exact) mass is 233 g/mol. The SMILES string of the molecule is CN1CC[C@@]2(C)c3cc(O)cc(N)c3N(C)[C@@H]12. The lowest BCUT2D eigenvalue weighted by Crippen LogP contribution is -2.45. The van der Waals surface area contributed by atoms with E-state index in [-0.39, 0.29) is 11.2 Å². The number of nitrogens with two attached hydrogens (primary N) is 1. The molecule has 2 atom stereocenters. The number of fused-ring (bicyclic) bond motifs is 3.